The zero-order valence-corrected chi connectivity index (χ0v) is 22.4. The molecule has 8 nitrogen and oxygen atoms in total. The first-order valence-electron chi connectivity index (χ1n) is 11.8. The van der Waals surface area contributed by atoms with Gasteiger partial charge in [-0.2, -0.15) is 0 Å². The van der Waals surface area contributed by atoms with Crippen LogP contribution in [0.3, 0.4) is 0 Å². The van der Waals surface area contributed by atoms with Crippen molar-refractivity contribution < 1.29 is 28.3 Å². The number of aliphatic carboxylic acids is 1. The van der Waals surface area contributed by atoms with Crippen LogP contribution in [0, 0.1) is 0 Å². The fraction of sp³-hybridized carbons (Fsp3) is 0.905. The predicted octanol–water partition coefficient (Wildman–Crippen LogP) is 3.08. The molecule has 0 aliphatic carbocycles. The normalized spacial score (nSPS) is 27.2. The van der Waals surface area contributed by atoms with Crippen molar-refractivity contribution in [2.45, 2.75) is 115 Å². The van der Waals surface area contributed by atoms with Gasteiger partial charge in [-0.05, 0) is 36.3 Å². The first-order chi connectivity index (χ1) is 14.6. The number of carboxylic acid groups (broad SMARTS) is 1. The summed E-state index contributed by atoms with van der Waals surface area (Å²) in [4.78, 5) is 24.1. The fourth-order valence-electron chi connectivity index (χ4n) is 4.59. The maximum absolute atomic E-state index is 12.1. The van der Waals surface area contributed by atoms with E-state index in [1.807, 2.05) is 0 Å². The lowest BCUT2D eigenvalue weighted by molar-refractivity contribution is -0.192. The van der Waals surface area contributed by atoms with E-state index in [9.17, 15) is 14.7 Å². The van der Waals surface area contributed by atoms with E-state index >= 15 is 0 Å². The lowest BCUT2D eigenvalue weighted by atomic mass is 9.92. The molecule has 4 N–H and O–H groups in total. The number of amides is 1. The van der Waals surface area contributed by atoms with Crippen LogP contribution < -0.4 is 11.1 Å². The van der Waals surface area contributed by atoms with Crippen LogP contribution in [0.2, 0.25) is 36.3 Å². The molecule has 182 valence electrons. The van der Waals surface area contributed by atoms with Gasteiger partial charge in [0.1, 0.15) is 0 Å². The smallest absolute Gasteiger partial charge is 0.335 e. The summed E-state index contributed by atoms with van der Waals surface area (Å²) in [6.45, 7) is 14.3. The van der Waals surface area contributed by atoms with Crippen molar-refractivity contribution in [3.05, 3.63) is 0 Å². The summed E-state index contributed by atoms with van der Waals surface area (Å²) in [5.41, 5.74) is 6.06. The van der Waals surface area contributed by atoms with E-state index in [2.05, 4.69) is 46.9 Å². The second kappa shape index (κ2) is 12.5. The zero-order valence-electron chi connectivity index (χ0n) is 20.4. The van der Waals surface area contributed by atoms with Crippen LogP contribution in [0.4, 0.5) is 0 Å². The third-order valence-corrected chi connectivity index (χ3v) is 16.5. The molecule has 1 rings (SSSR count). The number of hydrogen-bond acceptors (Lipinski definition) is 6. The van der Waals surface area contributed by atoms with Gasteiger partial charge in [-0.1, -0.05) is 41.5 Å². The summed E-state index contributed by atoms with van der Waals surface area (Å²) in [5.74, 6) is -1.45. The van der Waals surface area contributed by atoms with Crippen LogP contribution >= 0.6 is 0 Å². The number of ether oxygens (including phenoxy) is 1. The SMILES string of the molecule is CC[Si](CC)(CC)O[C@H]1[C@H](O[Si](CC)(CC)CC)[C@@H](NC(C)=O)C(C(=O)O)O[C@@H]1CN. The lowest BCUT2D eigenvalue weighted by Crippen LogP contribution is -2.70. The van der Waals surface area contributed by atoms with Gasteiger partial charge in [-0.25, -0.2) is 4.79 Å². The molecule has 0 bridgehead atoms. The molecule has 10 heteroatoms. The molecule has 1 fully saturated rings. The van der Waals surface area contributed by atoms with Crippen LogP contribution in [0.15, 0.2) is 0 Å². The van der Waals surface area contributed by atoms with Gasteiger partial charge in [-0.15, -0.1) is 0 Å². The molecule has 5 atom stereocenters. The monoisotopic (exact) mass is 476 g/mol. The highest BCUT2D eigenvalue weighted by Gasteiger charge is 2.53. The Kier molecular flexibility index (Phi) is 11.3. The van der Waals surface area contributed by atoms with Crippen LogP contribution in [-0.2, 0) is 23.2 Å². The number of carbonyl (C=O) groups is 2. The van der Waals surface area contributed by atoms with E-state index in [1.54, 1.807) is 0 Å². The van der Waals surface area contributed by atoms with Crippen molar-refractivity contribution in [3.63, 3.8) is 0 Å². The average Bonchev–Trinajstić information content (AvgIpc) is 2.77. The Labute approximate surface area is 189 Å². The Hall–Kier alpha value is -0.786. The van der Waals surface area contributed by atoms with E-state index in [0.29, 0.717) is 0 Å². The highest BCUT2D eigenvalue weighted by Crippen LogP contribution is 2.35. The number of nitrogens with two attached hydrogens (primary N) is 1. The first kappa shape index (κ1) is 28.2. The Balaban J connectivity index is 3.57. The largest absolute Gasteiger partial charge is 0.479 e. The maximum atomic E-state index is 12.1. The molecule has 0 saturated carbocycles. The van der Waals surface area contributed by atoms with E-state index < -0.39 is 53.1 Å². The number of nitrogens with one attached hydrogen (secondary N) is 1. The van der Waals surface area contributed by atoms with Crippen molar-refractivity contribution in [2.75, 3.05) is 6.54 Å². The molecule has 1 saturated heterocycles. The Bertz CT molecular complexity index is 570. The van der Waals surface area contributed by atoms with E-state index in [4.69, 9.17) is 19.3 Å². The summed E-state index contributed by atoms with van der Waals surface area (Å²) >= 11 is 0. The summed E-state index contributed by atoms with van der Waals surface area (Å²) in [7, 11) is -4.25. The van der Waals surface area contributed by atoms with Gasteiger partial charge in [0.2, 0.25) is 5.91 Å². The van der Waals surface area contributed by atoms with Crippen molar-refractivity contribution in [1.29, 1.82) is 0 Å². The van der Waals surface area contributed by atoms with Gasteiger partial charge in [0.05, 0.1) is 24.4 Å². The zero-order chi connectivity index (χ0) is 23.8. The highest BCUT2D eigenvalue weighted by molar-refractivity contribution is 6.74. The topological polar surface area (TPSA) is 120 Å². The van der Waals surface area contributed by atoms with Gasteiger partial charge in [-0.3, -0.25) is 4.79 Å². The summed E-state index contributed by atoms with van der Waals surface area (Å²) in [6.07, 6.45) is -2.97. The molecule has 1 unspecified atom stereocenters. The van der Waals surface area contributed by atoms with Crippen LogP contribution in [0.5, 0.6) is 0 Å². The van der Waals surface area contributed by atoms with Crippen molar-refractivity contribution in [1.82, 2.24) is 5.32 Å². The van der Waals surface area contributed by atoms with Gasteiger partial charge in [0.15, 0.2) is 22.7 Å². The van der Waals surface area contributed by atoms with Crippen LogP contribution in [0.1, 0.15) is 48.5 Å². The molecule has 0 radical (unpaired) electrons. The molecule has 31 heavy (non-hydrogen) atoms. The second-order valence-electron chi connectivity index (χ2n) is 8.55. The molecule has 1 heterocycles. The Morgan fingerprint density at radius 1 is 0.903 bits per heavy atom. The number of hydrogen-bond donors (Lipinski definition) is 3. The molecule has 0 aromatic rings. The van der Waals surface area contributed by atoms with E-state index in [0.717, 1.165) is 36.3 Å². The molecule has 1 aliphatic heterocycles. The van der Waals surface area contributed by atoms with Crippen LogP contribution in [0.25, 0.3) is 0 Å². The van der Waals surface area contributed by atoms with Crippen molar-refractivity contribution >= 4 is 28.5 Å². The minimum atomic E-state index is -2.16. The Morgan fingerprint density at radius 2 is 1.32 bits per heavy atom. The Morgan fingerprint density at radius 3 is 1.65 bits per heavy atom. The van der Waals surface area contributed by atoms with Gasteiger partial charge in [0.25, 0.3) is 0 Å². The minimum Gasteiger partial charge on any atom is -0.479 e. The third-order valence-electron chi connectivity index (χ3n) is 7.18. The molecular formula is C21H44N2O6Si2. The van der Waals surface area contributed by atoms with E-state index in [1.165, 1.54) is 6.92 Å². The van der Waals surface area contributed by atoms with Crippen molar-refractivity contribution in [2.24, 2.45) is 5.73 Å². The molecule has 0 aromatic heterocycles. The second-order valence-corrected chi connectivity index (χ2v) is 18.0. The maximum Gasteiger partial charge on any atom is 0.335 e. The quantitative estimate of drug-likeness (QED) is 0.349. The molecule has 0 aromatic carbocycles. The van der Waals surface area contributed by atoms with Gasteiger partial charge < -0.3 is 29.7 Å². The molecular weight excluding hydrogens is 432 g/mol. The fourth-order valence-corrected chi connectivity index (χ4v) is 10.3. The lowest BCUT2D eigenvalue weighted by Gasteiger charge is -2.50. The van der Waals surface area contributed by atoms with E-state index in [-0.39, 0.29) is 12.5 Å². The minimum absolute atomic E-state index is 0.127. The standard InChI is InChI=1S/C21H44N2O6Si2/c1-8-30(9-2,10-3)28-18-16(14-22)27-20(21(25)26)17(23-15(7)24)19(18)29-31(11-4,12-5)13-6/h16-20H,8-14,22H2,1-7H3,(H,23,24)(H,25,26)/t16-,17-,18-,19-,20?/m1/s1. The van der Waals surface area contributed by atoms with Crippen molar-refractivity contribution in [3.8, 4) is 0 Å². The summed E-state index contributed by atoms with van der Waals surface area (Å²) < 4.78 is 19.7. The molecule has 1 aliphatic rings. The highest BCUT2D eigenvalue weighted by atomic mass is 28.4. The summed E-state index contributed by atoms with van der Waals surface area (Å²) in [5, 5.41) is 12.7. The third kappa shape index (κ3) is 6.61. The molecule has 1 amide bonds. The number of carboxylic acids is 1. The van der Waals surface area contributed by atoms with Gasteiger partial charge in [0, 0.05) is 13.5 Å². The average molecular weight is 477 g/mol. The van der Waals surface area contributed by atoms with Gasteiger partial charge >= 0.3 is 5.97 Å². The first-order valence-corrected chi connectivity index (χ1v) is 16.9. The molecule has 0 spiro atoms. The number of rotatable bonds is 13. The number of carbonyl (C=O) groups excluding carboxylic acids is 1. The summed E-state index contributed by atoms with van der Waals surface area (Å²) in [6, 6.07) is 4.68. The predicted molar refractivity (Wildman–Crippen MR) is 127 cm³/mol. The van der Waals surface area contributed by atoms with Crippen LogP contribution in [-0.4, -0.2) is 70.6 Å².